The number of unbranched alkanes of at least 4 members (excludes halogenated alkanes) is 1. The highest BCUT2D eigenvalue weighted by Gasteiger charge is 2.17. The number of anilines is 1. The van der Waals surface area contributed by atoms with Crippen molar-refractivity contribution in [2.75, 3.05) is 17.6 Å². The molecule has 0 saturated carbocycles. The molecule has 0 aromatic carbocycles. The lowest BCUT2D eigenvalue weighted by molar-refractivity contribution is -0.151. The fourth-order valence-corrected chi connectivity index (χ4v) is 2.75. The minimum atomic E-state index is -0.439. The number of ether oxygens (including phenoxy) is 1. The van der Waals surface area contributed by atoms with Crippen LogP contribution < -0.4 is 5.32 Å². The van der Waals surface area contributed by atoms with Crippen LogP contribution in [0.4, 0.5) is 5.13 Å². The van der Waals surface area contributed by atoms with Crippen molar-refractivity contribution >= 4 is 34.2 Å². The normalized spacial score (nSPS) is 11.4. The third-order valence-electron chi connectivity index (χ3n) is 1.95. The Morgan fingerprint density at radius 2 is 2.16 bits per heavy atom. The van der Waals surface area contributed by atoms with E-state index in [-0.39, 0.29) is 11.7 Å². The monoisotopic (exact) mass is 303 g/mol. The maximum atomic E-state index is 11.5. The Bertz CT molecular complexity index is 402. The van der Waals surface area contributed by atoms with E-state index in [1.165, 1.54) is 23.1 Å². The highest BCUT2D eigenvalue weighted by Crippen LogP contribution is 2.25. The molecule has 0 fully saturated rings. The van der Waals surface area contributed by atoms with E-state index < -0.39 is 5.60 Å². The predicted octanol–water partition coefficient (Wildman–Crippen LogP) is 3.18. The van der Waals surface area contributed by atoms with E-state index >= 15 is 0 Å². The molecule has 1 rings (SSSR count). The van der Waals surface area contributed by atoms with E-state index in [9.17, 15) is 4.79 Å². The Morgan fingerprint density at radius 3 is 2.79 bits per heavy atom. The zero-order valence-corrected chi connectivity index (χ0v) is 13.5. The average molecular weight is 303 g/mol. The summed E-state index contributed by atoms with van der Waals surface area (Å²) >= 11 is 2.82. The highest BCUT2D eigenvalue weighted by molar-refractivity contribution is 8.01. The van der Waals surface area contributed by atoms with Crippen LogP contribution in [-0.2, 0) is 9.53 Å². The van der Waals surface area contributed by atoms with Crippen LogP contribution in [0.25, 0.3) is 0 Å². The molecule has 1 aromatic heterocycles. The summed E-state index contributed by atoms with van der Waals surface area (Å²) in [7, 11) is 0. The number of carbonyl (C=O) groups is 1. The first-order chi connectivity index (χ1) is 8.90. The van der Waals surface area contributed by atoms with E-state index in [1.807, 2.05) is 20.8 Å². The van der Waals surface area contributed by atoms with Crippen LogP contribution in [0.3, 0.4) is 0 Å². The molecule has 108 valence electrons. The number of nitrogens with one attached hydrogen (secondary N) is 1. The van der Waals surface area contributed by atoms with Gasteiger partial charge >= 0.3 is 5.97 Å². The molecule has 0 amide bonds. The van der Waals surface area contributed by atoms with Gasteiger partial charge < -0.3 is 10.1 Å². The van der Waals surface area contributed by atoms with E-state index in [1.54, 1.807) is 0 Å². The van der Waals surface area contributed by atoms with Crippen LogP contribution in [0, 0.1) is 0 Å². The highest BCUT2D eigenvalue weighted by atomic mass is 32.2. The van der Waals surface area contributed by atoms with Gasteiger partial charge in [-0.2, -0.15) is 0 Å². The summed E-state index contributed by atoms with van der Waals surface area (Å²) in [6, 6.07) is 0. The molecule has 0 saturated heterocycles. The van der Waals surface area contributed by atoms with Crippen LogP contribution in [0.1, 0.15) is 40.5 Å². The molecule has 0 unspecified atom stereocenters. The zero-order chi connectivity index (χ0) is 14.3. The van der Waals surface area contributed by atoms with Crippen LogP contribution in [-0.4, -0.2) is 34.1 Å². The first-order valence-corrected chi connectivity index (χ1v) is 8.13. The average Bonchev–Trinajstić information content (AvgIpc) is 2.72. The van der Waals surface area contributed by atoms with Crippen molar-refractivity contribution in [3.63, 3.8) is 0 Å². The summed E-state index contributed by atoms with van der Waals surface area (Å²) in [5, 5.41) is 12.1. The number of esters is 1. The van der Waals surface area contributed by atoms with Crippen LogP contribution >= 0.6 is 23.1 Å². The number of hydrogen-bond donors (Lipinski definition) is 1. The summed E-state index contributed by atoms with van der Waals surface area (Å²) in [6.07, 6.45) is 2.26. The summed E-state index contributed by atoms with van der Waals surface area (Å²) in [6.45, 7) is 8.62. The van der Waals surface area contributed by atoms with Crippen molar-refractivity contribution in [2.24, 2.45) is 0 Å². The van der Waals surface area contributed by atoms with Crippen molar-refractivity contribution in [3.8, 4) is 0 Å². The van der Waals surface area contributed by atoms with Gasteiger partial charge in [0.2, 0.25) is 5.13 Å². The standard InChI is InChI=1S/C12H21N3O2S2/c1-5-6-7-13-10-14-15-11(19-10)18-8-9(16)17-12(2,3)4/h5-8H2,1-4H3,(H,13,14). The maximum Gasteiger partial charge on any atom is 0.316 e. The number of carbonyl (C=O) groups excluding carboxylic acids is 1. The Hall–Kier alpha value is -0.820. The first kappa shape index (κ1) is 16.2. The Kier molecular flexibility index (Phi) is 6.57. The molecule has 0 bridgehead atoms. The summed E-state index contributed by atoms with van der Waals surface area (Å²) in [5.74, 6) is 0.0362. The molecule has 1 aromatic rings. The second-order valence-electron chi connectivity index (χ2n) is 5.03. The fourth-order valence-electron chi connectivity index (χ4n) is 1.20. The minimum Gasteiger partial charge on any atom is -0.459 e. The first-order valence-electron chi connectivity index (χ1n) is 6.32. The Morgan fingerprint density at radius 1 is 1.42 bits per heavy atom. The molecule has 7 heteroatoms. The number of thioether (sulfide) groups is 1. The van der Waals surface area contributed by atoms with Crippen LogP contribution in [0.2, 0.25) is 0 Å². The van der Waals surface area contributed by atoms with Gasteiger partial charge in [-0.25, -0.2) is 0 Å². The lowest BCUT2D eigenvalue weighted by atomic mass is 10.2. The molecular weight excluding hydrogens is 282 g/mol. The molecule has 0 aliphatic heterocycles. The van der Waals surface area contributed by atoms with E-state index in [0.29, 0.717) is 0 Å². The Labute approximate surface area is 122 Å². The van der Waals surface area contributed by atoms with Gasteiger partial charge in [0, 0.05) is 6.54 Å². The zero-order valence-electron chi connectivity index (χ0n) is 11.9. The second kappa shape index (κ2) is 7.69. The molecule has 0 radical (unpaired) electrons. The molecule has 0 atom stereocenters. The van der Waals surface area contributed by atoms with Crippen LogP contribution in [0.15, 0.2) is 4.34 Å². The van der Waals surface area contributed by atoms with Crippen molar-refractivity contribution in [1.82, 2.24) is 10.2 Å². The van der Waals surface area contributed by atoms with Gasteiger partial charge in [-0.15, -0.1) is 10.2 Å². The van der Waals surface area contributed by atoms with Gasteiger partial charge in [0.1, 0.15) is 5.60 Å². The quantitative estimate of drug-likeness (QED) is 0.474. The van der Waals surface area contributed by atoms with E-state index in [0.717, 1.165) is 28.9 Å². The number of aromatic nitrogens is 2. The summed E-state index contributed by atoms with van der Waals surface area (Å²) in [5.41, 5.74) is -0.439. The summed E-state index contributed by atoms with van der Waals surface area (Å²) in [4.78, 5) is 11.5. The maximum absolute atomic E-state index is 11.5. The van der Waals surface area contributed by atoms with Gasteiger partial charge in [-0.05, 0) is 27.2 Å². The van der Waals surface area contributed by atoms with Gasteiger partial charge in [0.15, 0.2) is 4.34 Å². The number of nitrogens with zero attached hydrogens (tertiary/aromatic N) is 2. The molecule has 0 aliphatic carbocycles. The molecule has 0 aliphatic rings. The minimum absolute atomic E-state index is 0.229. The lowest BCUT2D eigenvalue weighted by Crippen LogP contribution is -2.24. The van der Waals surface area contributed by atoms with Gasteiger partial charge in [-0.3, -0.25) is 4.79 Å². The SMILES string of the molecule is CCCCNc1nnc(SCC(=O)OC(C)(C)C)s1. The van der Waals surface area contributed by atoms with E-state index in [4.69, 9.17) is 4.74 Å². The third-order valence-corrected chi connectivity index (χ3v) is 3.93. The topological polar surface area (TPSA) is 64.1 Å². The lowest BCUT2D eigenvalue weighted by Gasteiger charge is -2.18. The van der Waals surface area contributed by atoms with E-state index in [2.05, 4.69) is 22.4 Å². The van der Waals surface area contributed by atoms with Crippen molar-refractivity contribution < 1.29 is 9.53 Å². The molecule has 1 heterocycles. The van der Waals surface area contributed by atoms with Crippen molar-refractivity contribution in [3.05, 3.63) is 0 Å². The molecule has 1 N–H and O–H groups in total. The Balaban J connectivity index is 2.31. The van der Waals surface area contributed by atoms with Crippen molar-refractivity contribution in [1.29, 1.82) is 0 Å². The number of hydrogen-bond acceptors (Lipinski definition) is 7. The van der Waals surface area contributed by atoms with Gasteiger partial charge in [-0.1, -0.05) is 36.4 Å². The van der Waals surface area contributed by atoms with Crippen molar-refractivity contribution in [2.45, 2.75) is 50.5 Å². The smallest absolute Gasteiger partial charge is 0.316 e. The van der Waals surface area contributed by atoms with Crippen LogP contribution in [0.5, 0.6) is 0 Å². The summed E-state index contributed by atoms with van der Waals surface area (Å²) < 4.78 is 6.01. The second-order valence-corrected chi connectivity index (χ2v) is 7.23. The molecule has 19 heavy (non-hydrogen) atoms. The predicted molar refractivity (Wildman–Crippen MR) is 79.9 cm³/mol. The number of rotatable bonds is 7. The molecule has 0 spiro atoms. The fraction of sp³-hybridized carbons (Fsp3) is 0.750. The third kappa shape index (κ3) is 7.37. The van der Waals surface area contributed by atoms with Gasteiger partial charge in [0.05, 0.1) is 5.75 Å². The molecule has 5 nitrogen and oxygen atoms in total. The molecular formula is C12H21N3O2S2. The van der Waals surface area contributed by atoms with Gasteiger partial charge in [0.25, 0.3) is 0 Å². The largest absolute Gasteiger partial charge is 0.459 e.